The normalized spacial score (nSPS) is 25.2. The molecule has 6 nitrogen and oxygen atoms in total. The van der Waals surface area contributed by atoms with E-state index < -0.39 is 23.6 Å². The summed E-state index contributed by atoms with van der Waals surface area (Å²) in [5, 5.41) is 21.0. The molecule has 1 amide bonds. The van der Waals surface area contributed by atoms with Crippen molar-refractivity contribution in [1.82, 2.24) is 0 Å². The van der Waals surface area contributed by atoms with Crippen LogP contribution in [0.15, 0.2) is 36.4 Å². The van der Waals surface area contributed by atoms with Crippen molar-refractivity contribution in [3.05, 3.63) is 42.0 Å². The van der Waals surface area contributed by atoms with Crippen molar-refractivity contribution in [1.29, 1.82) is 0 Å². The molecule has 0 saturated heterocycles. The van der Waals surface area contributed by atoms with Crippen LogP contribution in [-0.4, -0.2) is 28.4 Å². The Morgan fingerprint density at radius 3 is 2.62 bits per heavy atom. The SMILES string of the molecule is CC1(C(=O)O)CC/C=C/C(OC(=O)Nc2ccc(CO)cc2)CC1. The van der Waals surface area contributed by atoms with Gasteiger partial charge in [-0.3, -0.25) is 10.1 Å². The number of carbonyl (C=O) groups excluding carboxylic acids is 1. The van der Waals surface area contributed by atoms with Crippen molar-refractivity contribution in [3.63, 3.8) is 0 Å². The molecule has 0 spiro atoms. The van der Waals surface area contributed by atoms with E-state index in [9.17, 15) is 14.7 Å². The van der Waals surface area contributed by atoms with Crippen LogP contribution in [0, 0.1) is 5.41 Å². The molecule has 3 N–H and O–H groups in total. The maximum Gasteiger partial charge on any atom is 0.412 e. The highest BCUT2D eigenvalue weighted by Gasteiger charge is 2.34. The number of amides is 1. The van der Waals surface area contributed by atoms with Crippen LogP contribution in [0.4, 0.5) is 10.5 Å². The smallest absolute Gasteiger partial charge is 0.412 e. The molecule has 0 radical (unpaired) electrons. The van der Waals surface area contributed by atoms with Crippen LogP contribution in [0.2, 0.25) is 0 Å². The van der Waals surface area contributed by atoms with Gasteiger partial charge in [-0.1, -0.05) is 18.2 Å². The number of aliphatic carboxylic acids is 1. The highest BCUT2D eigenvalue weighted by atomic mass is 16.6. The Hall–Kier alpha value is -2.34. The highest BCUT2D eigenvalue weighted by molar-refractivity contribution is 5.84. The van der Waals surface area contributed by atoms with Gasteiger partial charge in [-0.05, 0) is 56.4 Å². The van der Waals surface area contributed by atoms with Gasteiger partial charge >= 0.3 is 12.1 Å². The number of carboxylic acid groups (broad SMARTS) is 1. The van der Waals surface area contributed by atoms with Gasteiger partial charge in [0.25, 0.3) is 0 Å². The highest BCUT2D eigenvalue weighted by Crippen LogP contribution is 2.32. The van der Waals surface area contributed by atoms with Gasteiger partial charge in [-0.2, -0.15) is 0 Å². The van der Waals surface area contributed by atoms with E-state index in [1.54, 1.807) is 31.2 Å². The number of benzene rings is 1. The van der Waals surface area contributed by atoms with Crippen molar-refractivity contribution >= 4 is 17.7 Å². The molecule has 130 valence electrons. The quantitative estimate of drug-likeness (QED) is 0.735. The monoisotopic (exact) mass is 333 g/mol. The summed E-state index contributed by atoms with van der Waals surface area (Å²) in [5.41, 5.74) is 0.537. The molecule has 0 aliphatic heterocycles. The first-order valence-corrected chi connectivity index (χ1v) is 8.00. The Bertz CT molecular complexity index is 610. The van der Waals surface area contributed by atoms with E-state index in [-0.39, 0.29) is 6.61 Å². The number of rotatable bonds is 4. The van der Waals surface area contributed by atoms with Crippen molar-refractivity contribution in [3.8, 4) is 0 Å². The van der Waals surface area contributed by atoms with E-state index >= 15 is 0 Å². The third-order valence-electron chi connectivity index (χ3n) is 4.35. The van der Waals surface area contributed by atoms with Crippen LogP contribution in [-0.2, 0) is 16.1 Å². The maximum absolute atomic E-state index is 12.0. The topological polar surface area (TPSA) is 95.9 Å². The van der Waals surface area contributed by atoms with Crippen LogP contribution >= 0.6 is 0 Å². The van der Waals surface area contributed by atoms with E-state index in [2.05, 4.69) is 5.32 Å². The van der Waals surface area contributed by atoms with Crippen LogP contribution in [0.5, 0.6) is 0 Å². The fourth-order valence-electron chi connectivity index (χ4n) is 2.62. The first-order valence-electron chi connectivity index (χ1n) is 8.00. The minimum Gasteiger partial charge on any atom is -0.481 e. The zero-order chi connectivity index (χ0) is 17.6. The minimum atomic E-state index is -0.815. The summed E-state index contributed by atoms with van der Waals surface area (Å²) in [5.74, 6) is -0.815. The van der Waals surface area contributed by atoms with Crippen LogP contribution < -0.4 is 5.32 Å². The Kier molecular flexibility index (Phi) is 5.98. The maximum atomic E-state index is 12.0. The molecular weight excluding hydrogens is 310 g/mol. The zero-order valence-corrected chi connectivity index (χ0v) is 13.7. The van der Waals surface area contributed by atoms with Gasteiger partial charge in [0.1, 0.15) is 6.10 Å². The summed E-state index contributed by atoms with van der Waals surface area (Å²) >= 11 is 0. The molecule has 1 aromatic carbocycles. The lowest BCUT2D eigenvalue weighted by Gasteiger charge is -2.27. The van der Waals surface area contributed by atoms with Gasteiger partial charge in [0.15, 0.2) is 0 Å². The van der Waals surface area contributed by atoms with Crippen LogP contribution in [0.1, 0.15) is 38.2 Å². The summed E-state index contributed by atoms with van der Waals surface area (Å²) in [6.45, 7) is 1.67. The number of hydrogen-bond donors (Lipinski definition) is 3. The molecule has 2 atom stereocenters. The minimum absolute atomic E-state index is 0.0556. The second-order valence-electron chi connectivity index (χ2n) is 6.30. The number of carboxylic acids is 1. The fraction of sp³-hybridized carbons (Fsp3) is 0.444. The molecule has 0 saturated carbocycles. The van der Waals surface area contributed by atoms with E-state index in [0.717, 1.165) is 5.56 Å². The standard InChI is InChI=1S/C18H23NO5/c1-18(16(21)22)10-3-2-4-15(9-11-18)24-17(23)19-14-7-5-13(12-20)6-8-14/h2,4-8,15,20H,3,9-12H2,1H3,(H,19,23)(H,21,22)/b4-2+. The number of carbonyl (C=O) groups is 2. The third-order valence-corrected chi connectivity index (χ3v) is 4.35. The molecule has 0 heterocycles. The average Bonchev–Trinajstić information content (AvgIpc) is 2.55. The molecule has 1 aliphatic carbocycles. The predicted molar refractivity (Wildman–Crippen MR) is 89.6 cm³/mol. The van der Waals surface area contributed by atoms with Gasteiger partial charge < -0.3 is 14.9 Å². The van der Waals surface area contributed by atoms with Gasteiger partial charge in [0.05, 0.1) is 12.0 Å². The number of aliphatic hydroxyl groups excluding tert-OH is 1. The first-order chi connectivity index (χ1) is 11.4. The summed E-state index contributed by atoms with van der Waals surface area (Å²) in [7, 11) is 0. The van der Waals surface area contributed by atoms with E-state index in [0.29, 0.717) is 31.4 Å². The summed E-state index contributed by atoms with van der Waals surface area (Å²) in [4.78, 5) is 23.4. The first kappa shape index (κ1) is 18.0. The van der Waals surface area contributed by atoms with Crippen molar-refractivity contribution in [2.24, 2.45) is 5.41 Å². The van der Waals surface area contributed by atoms with Crippen molar-refractivity contribution < 1.29 is 24.5 Å². The van der Waals surface area contributed by atoms with E-state index in [1.807, 2.05) is 12.2 Å². The Labute approximate surface area is 141 Å². The summed E-state index contributed by atoms with van der Waals surface area (Å²) < 4.78 is 5.38. The van der Waals surface area contributed by atoms with E-state index in [1.165, 1.54) is 0 Å². The largest absolute Gasteiger partial charge is 0.481 e. The van der Waals surface area contributed by atoms with Gasteiger partial charge in [-0.25, -0.2) is 4.79 Å². The lowest BCUT2D eigenvalue weighted by molar-refractivity contribution is -0.149. The third kappa shape index (κ3) is 4.83. The summed E-state index contributed by atoms with van der Waals surface area (Å²) in [6.07, 6.45) is 4.80. The number of ether oxygens (including phenoxy) is 1. The second kappa shape index (κ2) is 7.97. The lowest BCUT2D eigenvalue weighted by Crippen LogP contribution is -2.31. The molecule has 2 unspecified atom stereocenters. The number of anilines is 1. The second-order valence-corrected chi connectivity index (χ2v) is 6.30. The number of hydrogen-bond acceptors (Lipinski definition) is 4. The summed E-state index contributed by atoms with van der Waals surface area (Å²) in [6, 6.07) is 6.79. The number of allylic oxidation sites excluding steroid dienone is 1. The molecule has 2 rings (SSSR count). The Morgan fingerprint density at radius 2 is 2.00 bits per heavy atom. The van der Waals surface area contributed by atoms with E-state index in [4.69, 9.17) is 9.84 Å². The number of nitrogens with one attached hydrogen (secondary N) is 1. The average molecular weight is 333 g/mol. The molecular formula is C18H23NO5. The van der Waals surface area contributed by atoms with Gasteiger partial charge in [0.2, 0.25) is 0 Å². The lowest BCUT2D eigenvalue weighted by atomic mass is 9.79. The predicted octanol–water partition coefficient (Wildman–Crippen LogP) is 3.32. The molecule has 6 heteroatoms. The van der Waals surface area contributed by atoms with Crippen molar-refractivity contribution in [2.45, 2.75) is 45.3 Å². The zero-order valence-electron chi connectivity index (χ0n) is 13.7. The molecule has 0 bridgehead atoms. The molecule has 1 aliphatic rings. The molecule has 0 fully saturated rings. The Balaban J connectivity index is 1.92. The van der Waals surface area contributed by atoms with Crippen LogP contribution in [0.3, 0.4) is 0 Å². The van der Waals surface area contributed by atoms with Crippen molar-refractivity contribution in [2.75, 3.05) is 5.32 Å². The van der Waals surface area contributed by atoms with Crippen LogP contribution in [0.25, 0.3) is 0 Å². The Morgan fingerprint density at radius 1 is 1.29 bits per heavy atom. The molecule has 24 heavy (non-hydrogen) atoms. The molecule has 1 aromatic rings. The molecule has 0 aromatic heterocycles. The number of aliphatic hydroxyl groups is 1. The van der Waals surface area contributed by atoms with Gasteiger partial charge in [0, 0.05) is 5.69 Å². The van der Waals surface area contributed by atoms with Gasteiger partial charge in [-0.15, -0.1) is 0 Å². The fourth-order valence-corrected chi connectivity index (χ4v) is 2.62.